The van der Waals surface area contributed by atoms with Crippen LogP contribution < -0.4 is 0 Å². The third-order valence-electron chi connectivity index (χ3n) is 7.07. The summed E-state index contributed by atoms with van der Waals surface area (Å²) in [5.41, 5.74) is 1.42. The van der Waals surface area contributed by atoms with Gasteiger partial charge in [0.05, 0.1) is 16.8 Å². The molecule has 0 unspecified atom stereocenters. The zero-order valence-corrected chi connectivity index (χ0v) is 17.6. The van der Waals surface area contributed by atoms with Gasteiger partial charge in [-0.15, -0.1) is 11.3 Å². The van der Waals surface area contributed by atoms with Crippen LogP contribution in [0.15, 0.2) is 24.3 Å². The van der Waals surface area contributed by atoms with Crippen molar-refractivity contribution in [1.29, 1.82) is 0 Å². The van der Waals surface area contributed by atoms with Crippen molar-refractivity contribution in [3.63, 3.8) is 0 Å². The van der Waals surface area contributed by atoms with Crippen molar-refractivity contribution in [2.75, 3.05) is 46.3 Å². The highest BCUT2D eigenvalue weighted by molar-refractivity contribution is 7.18. The van der Waals surface area contributed by atoms with Crippen molar-refractivity contribution in [2.24, 2.45) is 11.3 Å². The fraction of sp³-hybridized carbons (Fsp3) is 0.636. The summed E-state index contributed by atoms with van der Waals surface area (Å²) in [5, 5.41) is 1.22. The summed E-state index contributed by atoms with van der Waals surface area (Å²) < 4.78 is 1.28. The minimum Gasteiger partial charge on any atom is -0.341 e. The number of para-hydroxylation sites is 1. The van der Waals surface area contributed by atoms with Crippen molar-refractivity contribution in [3.8, 4) is 0 Å². The second-order valence-corrected chi connectivity index (χ2v) is 10.1. The molecule has 1 aromatic carbocycles. The predicted octanol–water partition coefficient (Wildman–Crippen LogP) is 3.06. The first-order valence-electron chi connectivity index (χ1n) is 10.7. The van der Waals surface area contributed by atoms with Crippen molar-refractivity contribution >= 4 is 27.5 Å². The Kier molecular flexibility index (Phi) is 4.89. The summed E-state index contributed by atoms with van der Waals surface area (Å²) in [5.74, 6) is 0.732. The number of thiazole rings is 1. The third-order valence-corrected chi connectivity index (χ3v) is 8.09. The smallest absolute Gasteiger partial charge is 0.226 e. The van der Waals surface area contributed by atoms with Gasteiger partial charge in [-0.2, -0.15) is 0 Å². The lowest BCUT2D eigenvalue weighted by Crippen LogP contribution is -2.39. The molecular weight excluding hydrogens is 368 g/mol. The Balaban J connectivity index is 1.15. The van der Waals surface area contributed by atoms with E-state index in [4.69, 9.17) is 4.98 Å². The normalized spacial score (nSPS) is 25.9. The molecule has 0 radical (unpaired) electrons. The molecule has 6 heteroatoms. The first-order valence-corrected chi connectivity index (χ1v) is 11.5. The minimum absolute atomic E-state index is 0.292. The molecule has 0 bridgehead atoms. The zero-order valence-electron chi connectivity index (χ0n) is 16.8. The molecule has 1 saturated carbocycles. The first kappa shape index (κ1) is 18.5. The molecule has 28 heavy (non-hydrogen) atoms. The average Bonchev–Trinajstić information content (AvgIpc) is 3.32. The molecule has 1 amide bonds. The molecule has 5 rings (SSSR count). The number of hydrogen-bond acceptors (Lipinski definition) is 5. The van der Waals surface area contributed by atoms with E-state index in [0.29, 0.717) is 17.2 Å². The van der Waals surface area contributed by atoms with Gasteiger partial charge in [0.2, 0.25) is 5.91 Å². The van der Waals surface area contributed by atoms with Gasteiger partial charge < -0.3 is 9.80 Å². The van der Waals surface area contributed by atoms with Crippen LogP contribution in [0.5, 0.6) is 0 Å². The summed E-state index contributed by atoms with van der Waals surface area (Å²) in [7, 11) is 2.16. The molecule has 150 valence electrons. The van der Waals surface area contributed by atoms with Crippen molar-refractivity contribution in [1.82, 2.24) is 19.7 Å². The average molecular weight is 399 g/mol. The van der Waals surface area contributed by atoms with Gasteiger partial charge in [-0.05, 0) is 69.9 Å². The number of rotatable bonds is 3. The van der Waals surface area contributed by atoms with Gasteiger partial charge in [0, 0.05) is 25.6 Å². The third kappa shape index (κ3) is 3.58. The Bertz CT molecular complexity index is 824. The van der Waals surface area contributed by atoms with Crippen molar-refractivity contribution < 1.29 is 4.79 Å². The fourth-order valence-corrected chi connectivity index (χ4v) is 6.08. The minimum atomic E-state index is 0.292. The highest BCUT2D eigenvalue weighted by Gasteiger charge is 2.59. The lowest BCUT2D eigenvalue weighted by atomic mass is 9.90. The van der Waals surface area contributed by atoms with E-state index in [-0.39, 0.29) is 0 Å². The standard InChI is InChI=1S/C22H30N4OS/c1-24-9-4-10-26(14-13-24)21(27)17-15-22(17)7-11-25(12-8-22)16-20-23-18-5-2-3-6-19(18)28-20/h2-3,5-6,17H,4,7-16H2,1H3/t17-/m0/s1. The van der Waals surface area contributed by atoms with Crippen molar-refractivity contribution in [2.45, 2.75) is 32.2 Å². The molecule has 5 nitrogen and oxygen atoms in total. The van der Waals surface area contributed by atoms with E-state index in [0.717, 1.165) is 64.2 Å². The van der Waals surface area contributed by atoms with E-state index in [2.05, 4.69) is 46.0 Å². The lowest BCUT2D eigenvalue weighted by Gasteiger charge is -2.33. The predicted molar refractivity (Wildman–Crippen MR) is 113 cm³/mol. The van der Waals surface area contributed by atoms with E-state index in [1.54, 1.807) is 0 Å². The summed E-state index contributed by atoms with van der Waals surface area (Å²) in [6, 6.07) is 8.40. The number of fused-ring (bicyclic) bond motifs is 1. The molecule has 1 atom stereocenters. The number of carbonyl (C=O) groups is 1. The fourth-order valence-electron chi connectivity index (χ4n) is 5.07. The van der Waals surface area contributed by atoms with Gasteiger partial charge in [0.15, 0.2) is 0 Å². The summed E-state index contributed by atoms with van der Waals surface area (Å²) in [6.07, 6.45) is 4.56. The molecule has 1 aliphatic carbocycles. The molecular formula is C22H30N4OS. The number of nitrogens with zero attached hydrogens (tertiary/aromatic N) is 4. The summed E-state index contributed by atoms with van der Waals surface area (Å²) in [4.78, 5) is 24.9. The maximum absolute atomic E-state index is 13.1. The van der Waals surface area contributed by atoms with Crippen LogP contribution in [-0.2, 0) is 11.3 Å². The topological polar surface area (TPSA) is 39.7 Å². The molecule has 2 aromatic rings. The van der Waals surface area contributed by atoms with Crippen molar-refractivity contribution in [3.05, 3.63) is 29.3 Å². The van der Waals surface area contributed by atoms with Gasteiger partial charge in [0.25, 0.3) is 0 Å². The number of hydrogen-bond donors (Lipinski definition) is 0. The van der Waals surface area contributed by atoms with Crippen LogP contribution >= 0.6 is 11.3 Å². The van der Waals surface area contributed by atoms with Crippen LogP contribution in [0.1, 0.15) is 30.7 Å². The second-order valence-electron chi connectivity index (χ2n) is 8.95. The van der Waals surface area contributed by atoms with E-state index >= 15 is 0 Å². The van der Waals surface area contributed by atoms with Gasteiger partial charge in [0.1, 0.15) is 5.01 Å². The molecule has 3 aliphatic rings. The van der Waals surface area contributed by atoms with Gasteiger partial charge in [-0.3, -0.25) is 9.69 Å². The van der Waals surface area contributed by atoms with Crippen LogP contribution in [0.2, 0.25) is 0 Å². The molecule has 1 spiro atoms. The van der Waals surface area contributed by atoms with Crippen LogP contribution in [0.3, 0.4) is 0 Å². The monoisotopic (exact) mass is 398 g/mol. The van der Waals surface area contributed by atoms with E-state index in [1.807, 2.05) is 11.3 Å². The molecule has 3 fully saturated rings. The van der Waals surface area contributed by atoms with E-state index in [9.17, 15) is 4.79 Å². The molecule has 2 saturated heterocycles. The maximum Gasteiger partial charge on any atom is 0.226 e. The Morgan fingerprint density at radius 3 is 2.79 bits per heavy atom. The highest BCUT2D eigenvalue weighted by atomic mass is 32.1. The quantitative estimate of drug-likeness (QED) is 0.797. The van der Waals surface area contributed by atoms with E-state index < -0.39 is 0 Å². The number of piperidine rings is 1. The zero-order chi connectivity index (χ0) is 19.1. The Morgan fingerprint density at radius 2 is 1.96 bits per heavy atom. The Morgan fingerprint density at radius 1 is 1.14 bits per heavy atom. The Hall–Kier alpha value is -1.50. The highest BCUT2D eigenvalue weighted by Crippen LogP contribution is 2.60. The first-order chi connectivity index (χ1) is 13.6. The van der Waals surface area contributed by atoms with Gasteiger partial charge in [-0.1, -0.05) is 12.1 Å². The maximum atomic E-state index is 13.1. The number of aromatic nitrogens is 1. The molecule has 0 N–H and O–H groups in total. The summed E-state index contributed by atoms with van der Waals surface area (Å²) in [6.45, 7) is 7.13. The Labute approximate surface area is 171 Å². The number of carbonyl (C=O) groups excluding carboxylic acids is 1. The number of amides is 1. The number of likely N-dealkylation sites (tertiary alicyclic amines) is 1. The molecule has 1 aromatic heterocycles. The number of likely N-dealkylation sites (N-methyl/N-ethyl adjacent to an activating group) is 1. The van der Waals surface area contributed by atoms with Crippen LogP contribution in [0.4, 0.5) is 0 Å². The van der Waals surface area contributed by atoms with Crippen LogP contribution in [-0.4, -0.2) is 71.9 Å². The lowest BCUT2D eigenvalue weighted by molar-refractivity contribution is -0.133. The van der Waals surface area contributed by atoms with Gasteiger partial charge >= 0.3 is 0 Å². The van der Waals surface area contributed by atoms with E-state index in [1.165, 1.54) is 22.5 Å². The molecule has 2 aliphatic heterocycles. The van der Waals surface area contributed by atoms with Crippen LogP contribution in [0, 0.1) is 11.3 Å². The number of benzene rings is 1. The summed E-state index contributed by atoms with van der Waals surface area (Å²) >= 11 is 1.82. The molecule has 3 heterocycles. The van der Waals surface area contributed by atoms with Crippen LogP contribution in [0.25, 0.3) is 10.2 Å². The van der Waals surface area contributed by atoms with Gasteiger partial charge in [-0.25, -0.2) is 4.98 Å². The largest absolute Gasteiger partial charge is 0.341 e. The SMILES string of the molecule is CN1CCCN(C(=O)[C@@H]2CC23CCN(Cc2nc4ccccc4s2)CC3)CC1. The second kappa shape index (κ2) is 7.39.